The Morgan fingerprint density at radius 3 is 2.47 bits per heavy atom. The number of rotatable bonds is 5. The Balaban J connectivity index is 1.66. The van der Waals surface area contributed by atoms with E-state index in [9.17, 15) is 28.5 Å². The molecule has 2 aromatic carbocycles. The molecule has 34 heavy (non-hydrogen) atoms. The summed E-state index contributed by atoms with van der Waals surface area (Å²) in [6.45, 7) is 6.75. The van der Waals surface area contributed by atoms with Crippen molar-refractivity contribution in [1.29, 1.82) is 0 Å². The van der Waals surface area contributed by atoms with E-state index in [0.717, 1.165) is 23.9 Å². The molecule has 12 heteroatoms. The van der Waals surface area contributed by atoms with Crippen molar-refractivity contribution < 1.29 is 33.2 Å². The molecular weight excluding hydrogens is 495 g/mol. The number of benzene rings is 2. The summed E-state index contributed by atoms with van der Waals surface area (Å²) < 4.78 is 47.5. The lowest BCUT2D eigenvalue weighted by Gasteiger charge is -2.42. The zero-order chi connectivity index (χ0) is 24.6. The molecule has 3 aromatic rings. The first-order chi connectivity index (χ1) is 16.2. The van der Waals surface area contributed by atoms with Gasteiger partial charge in [0, 0.05) is 21.7 Å². The fourth-order valence-electron chi connectivity index (χ4n) is 3.65. The van der Waals surface area contributed by atoms with Gasteiger partial charge in [0.05, 0.1) is 19.4 Å². The van der Waals surface area contributed by atoms with Gasteiger partial charge in [-0.1, -0.05) is 23.7 Å². The molecule has 3 N–H and O–H groups in total. The topological polar surface area (TPSA) is 92.1 Å². The van der Waals surface area contributed by atoms with Gasteiger partial charge in [0.1, 0.15) is 29.8 Å². The molecule has 0 radical (unpaired) electrons. The second-order valence-corrected chi connectivity index (χ2v) is 9.08. The van der Waals surface area contributed by atoms with E-state index >= 15 is 0 Å². The van der Waals surface area contributed by atoms with Crippen molar-refractivity contribution in [1.82, 2.24) is 9.78 Å². The molecule has 178 valence electrons. The predicted octanol–water partition coefficient (Wildman–Crippen LogP) is 3.94. The maximum Gasteiger partial charge on any atom is 0.200 e. The smallest absolute Gasteiger partial charge is 0.200 e. The first-order valence-corrected chi connectivity index (χ1v) is 11.1. The van der Waals surface area contributed by atoms with Gasteiger partial charge < -0.3 is 20.1 Å². The van der Waals surface area contributed by atoms with E-state index in [1.54, 1.807) is 6.07 Å². The lowest BCUT2D eigenvalue weighted by Crippen LogP contribution is -2.54. The van der Waals surface area contributed by atoms with E-state index in [0.29, 0.717) is 9.92 Å². The fraction of sp³-hybridized carbons (Fsp3) is 0.273. The van der Waals surface area contributed by atoms with Gasteiger partial charge in [0.15, 0.2) is 17.5 Å². The van der Waals surface area contributed by atoms with Crippen LogP contribution in [0.2, 0.25) is 5.02 Å². The lowest BCUT2D eigenvalue weighted by molar-refractivity contribution is -0.178. The molecule has 0 aliphatic carbocycles. The fourth-order valence-corrected chi connectivity index (χ4v) is 5.07. The minimum atomic E-state index is -1.60. The second kappa shape index (κ2) is 9.95. The van der Waals surface area contributed by atoms with Crippen molar-refractivity contribution in [3.63, 3.8) is 0 Å². The third-order valence-corrected chi connectivity index (χ3v) is 6.80. The number of halogens is 4. The van der Waals surface area contributed by atoms with Crippen molar-refractivity contribution in [3.05, 3.63) is 76.6 Å². The molecule has 0 amide bonds. The van der Waals surface area contributed by atoms with Gasteiger partial charge in [0.2, 0.25) is 5.69 Å². The van der Waals surface area contributed by atoms with Crippen LogP contribution in [0.25, 0.3) is 16.0 Å². The molecule has 2 unspecified atom stereocenters. The zero-order valence-electron chi connectivity index (χ0n) is 17.1. The molecule has 1 saturated heterocycles. The highest BCUT2D eigenvalue weighted by Gasteiger charge is 2.46. The number of thioether (sulfide) groups is 1. The summed E-state index contributed by atoms with van der Waals surface area (Å²) in [6.07, 6.45) is -1.31. The highest BCUT2D eigenvalue weighted by molar-refractivity contribution is 8.00. The molecule has 1 aromatic heterocycles. The van der Waals surface area contributed by atoms with Gasteiger partial charge in [-0.15, -0.1) is 11.8 Å². The molecule has 1 aliphatic rings. The molecule has 0 spiro atoms. The largest absolute Gasteiger partial charge is 0.394 e. The molecule has 1 aliphatic heterocycles. The minimum absolute atomic E-state index is 0.00366. The van der Waals surface area contributed by atoms with Gasteiger partial charge in [-0.3, -0.25) is 4.68 Å². The number of aromatic nitrogens is 2. The summed E-state index contributed by atoms with van der Waals surface area (Å²) >= 11 is 7.03. The van der Waals surface area contributed by atoms with Crippen molar-refractivity contribution in [2.75, 3.05) is 6.61 Å². The average molecular weight is 512 g/mol. The summed E-state index contributed by atoms with van der Waals surface area (Å²) in [5.74, 6) is -4.34. The lowest BCUT2D eigenvalue weighted by atomic mass is 9.97. The maximum absolute atomic E-state index is 13.7. The Kier molecular flexibility index (Phi) is 7.18. The van der Waals surface area contributed by atoms with E-state index in [2.05, 4.69) is 9.94 Å². The summed E-state index contributed by atoms with van der Waals surface area (Å²) in [5.41, 5.74) is -0.546. The number of hydrogen-bond acceptors (Lipinski definition) is 6. The van der Waals surface area contributed by atoms with Crippen LogP contribution in [0, 0.1) is 24.0 Å². The van der Waals surface area contributed by atoms with Crippen molar-refractivity contribution >= 4 is 29.1 Å². The van der Waals surface area contributed by atoms with E-state index in [4.69, 9.17) is 22.9 Å². The van der Waals surface area contributed by atoms with Crippen LogP contribution in [-0.2, 0) is 4.74 Å². The third-order valence-electron chi connectivity index (χ3n) is 5.36. The molecule has 1 fully saturated rings. The minimum Gasteiger partial charge on any atom is -0.394 e. The van der Waals surface area contributed by atoms with Crippen LogP contribution < -0.4 is 0 Å². The third kappa shape index (κ3) is 4.65. The van der Waals surface area contributed by atoms with Crippen molar-refractivity contribution in [2.45, 2.75) is 34.7 Å². The Morgan fingerprint density at radius 2 is 1.82 bits per heavy atom. The summed E-state index contributed by atoms with van der Waals surface area (Å²) in [7, 11) is 0. The number of nitrogens with zero attached hydrogens (tertiary/aromatic N) is 3. The second-order valence-electron chi connectivity index (χ2n) is 7.50. The van der Waals surface area contributed by atoms with Gasteiger partial charge in [0.25, 0.3) is 0 Å². The maximum atomic E-state index is 13.7. The SMILES string of the molecule is [C-]#[N+]c1ccc(Cl)cc1S[C@H]1OC(CO)[C@H](O)[C@H](n2cc(-c3cc(F)c(F)c(F)c3)cn2)C1O. The summed E-state index contributed by atoms with van der Waals surface area (Å²) in [5, 5.41) is 36.0. The predicted molar refractivity (Wildman–Crippen MR) is 118 cm³/mol. The highest BCUT2D eigenvalue weighted by Crippen LogP contribution is 2.42. The first kappa shape index (κ1) is 24.5. The Morgan fingerprint density at radius 1 is 1.12 bits per heavy atom. The van der Waals surface area contributed by atoms with E-state index in [1.165, 1.54) is 29.2 Å². The molecular formula is C22H17ClF3N3O4S. The normalized spacial score (nSPS) is 24.7. The van der Waals surface area contributed by atoms with Crippen LogP contribution in [0.4, 0.5) is 18.9 Å². The molecule has 0 saturated carbocycles. The first-order valence-electron chi connectivity index (χ1n) is 9.88. The van der Waals surface area contributed by atoms with Crippen LogP contribution >= 0.6 is 23.4 Å². The van der Waals surface area contributed by atoms with Gasteiger partial charge >= 0.3 is 0 Å². The van der Waals surface area contributed by atoms with Crippen LogP contribution in [0.1, 0.15) is 6.04 Å². The van der Waals surface area contributed by atoms with Crippen LogP contribution in [-0.4, -0.2) is 55.5 Å². The Labute approximate surface area is 201 Å². The molecule has 4 rings (SSSR count). The molecule has 0 bridgehead atoms. The molecule has 5 atom stereocenters. The van der Waals surface area contributed by atoms with Gasteiger partial charge in [-0.05, 0) is 23.8 Å². The monoisotopic (exact) mass is 511 g/mol. The van der Waals surface area contributed by atoms with E-state index in [-0.39, 0.29) is 16.8 Å². The summed E-state index contributed by atoms with van der Waals surface area (Å²) in [4.78, 5) is 3.85. The Bertz CT molecular complexity index is 1230. The van der Waals surface area contributed by atoms with E-state index in [1.807, 2.05) is 0 Å². The van der Waals surface area contributed by atoms with Crippen LogP contribution in [0.15, 0.2) is 47.6 Å². The quantitative estimate of drug-likeness (QED) is 0.355. The van der Waals surface area contributed by atoms with Crippen molar-refractivity contribution in [2.24, 2.45) is 0 Å². The average Bonchev–Trinajstić information content (AvgIpc) is 3.29. The zero-order valence-corrected chi connectivity index (χ0v) is 18.7. The van der Waals surface area contributed by atoms with Crippen LogP contribution in [0.5, 0.6) is 0 Å². The van der Waals surface area contributed by atoms with Gasteiger partial charge in [-0.25, -0.2) is 18.0 Å². The van der Waals surface area contributed by atoms with Gasteiger partial charge in [-0.2, -0.15) is 5.10 Å². The van der Waals surface area contributed by atoms with Crippen LogP contribution in [0.3, 0.4) is 0 Å². The van der Waals surface area contributed by atoms with Crippen molar-refractivity contribution in [3.8, 4) is 11.1 Å². The summed E-state index contributed by atoms with van der Waals surface area (Å²) in [6, 6.07) is 5.08. The van der Waals surface area contributed by atoms with E-state index < -0.39 is 53.8 Å². The number of hydrogen-bond donors (Lipinski definition) is 3. The molecule has 7 nitrogen and oxygen atoms in total. The highest BCUT2D eigenvalue weighted by atomic mass is 35.5. The Hall–Kier alpha value is -2.59. The number of ether oxygens (including phenoxy) is 1. The number of aliphatic hydroxyl groups is 3. The standard InChI is InChI=1S/C22H17ClF3N3O4S/c1-27-15-3-2-12(23)6-17(15)34-22-21(32)19(20(31)16(9-30)33-22)29-8-11(7-28-29)10-4-13(24)18(26)14(25)5-10/h2-8,16,19-22,30-32H,9H2/t16?,19-,20-,21?,22+/m0/s1. The molecule has 2 heterocycles. The number of aliphatic hydroxyl groups excluding tert-OH is 3.